The van der Waals surface area contributed by atoms with E-state index in [9.17, 15) is 9.59 Å². The lowest BCUT2D eigenvalue weighted by Crippen LogP contribution is -2.35. The molecule has 1 aromatic heterocycles. The first-order valence-electron chi connectivity index (χ1n) is 10.4. The topological polar surface area (TPSA) is 96.6 Å². The second-order valence-electron chi connectivity index (χ2n) is 7.65. The van der Waals surface area contributed by atoms with Crippen LogP contribution in [0.15, 0.2) is 54.6 Å². The van der Waals surface area contributed by atoms with Crippen LogP contribution < -0.4 is 14.8 Å². The van der Waals surface area contributed by atoms with Crippen LogP contribution >= 0.6 is 0 Å². The number of aromatic nitrogens is 2. The third-order valence-corrected chi connectivity index (χ3v) is 5.57. The van der Waals surface area contributed by atoms with Gasteiger partial charge >= 0.3 is 0 Å². The Morgan fingerprint density at radius 1 is 1.12 bits per heavy atom. The molecule has 3 aromatic rings. The van der Waals surface area contributed by atoms with Gasteiger partial charge in [-0.2, -0.15) is 5.10 Å². The molecule has 32 heavy (non-hydrogen) atoms. The van der Waals surface area contributed by atoms with Crippen molar-refractivity contribution >= 4 is 17.9 Å². The first-order chi connectivity index (χ1) is 15.7. The molecule has 2 aromatic carbocycles. The maximum absolute atomic E-state index is 12.8. The van der Waals surface area contributed by atoms with Gasteiger partial charge in [0.2, 0.25) is 12.7 Å². The molecule has 2 aliphatic rings. The molecule has 3 heterocycles. The second kappa shape index (κ2) is 8.58. The van der Waals surface area contributed by atoms with Gasteiger partial charge in [0.15, 0.2) is 17.2 Å². The van der Waals surface area contributed by atoms with Gasteiger partial charge in [0.1, 0.15) is 0 Å². The van der Waals surface area contributed by atoms with Crippen LogP contribution in [-0.4, -0.2) is 40.2 Å². The Balaban J connectivity index is 1.24. The Morgan fingerprint density at radius 2 is 1.97 bits per heavy atom. The highest BCUT2D eigenvalue weighted by Crippen LogP contribution is 2.32. The van der Waals surface area contributed by atoms with Gasteiger partial charge in [0, 0.05) is 36.8 Å². The number of nitrogens with one attached hydrogen (secondary N) is 2. The zero-order valence-electron chi connectivity index (χ0n) is 17.3. The zero-order valence-corrected chi connectivity index (χ0v) is 17.3. The molecular weight excluding hydrogens is 408 g/mol. The van der Waals surface area contributed by atoms with Crippen molar-refractivity contribution in [3.63, 3.8) is 0 Å². The number of rotatable bonds is 5. The van der Waals surface area contributed by atoms with E-state index >= 15 is 0 Å². The minimum absolute atomic E-state index is 0.0904. The van der Waals surface area contributed by atoms with Crippen molar-refractivity contribution in [3.8, 4) is 11.5 Å². The summed E-state index contributed by atoms with van der Waals surface area (Å²) >= 11 is 0. The summed E-state index contributed by atoms with van der Waals surface area (Å²) in [6, 6.07) is 15.2. The monoisotopic (exact) mass is 430 g/mol. The highest BCUT2D eigenvalue weighted by atomic mass is 16.7. The Morgan fingerprint density at radius 3 is 2.84 bits per heavy atom. The quantitative estimate of drug-likeness (QED) is 0.607. The molecule has 8 nitrogen and oxygen atoms in total. The largest absolute Gasteiger partial charge is 0.454 e. The summed E-state index contributed by atoms with van der Waals surface area (Å²) in [6.07, 6.45) is 3.99. The van der Waals surface area contributed by atoms with Crippen molar-refractivity contribution < 1.29 is 19.1 Å². The standard InChI is InChI=1S/C24H22N4O4/c29-22(9-7-16-4-2-1-3-5-16)28-11-10-19-18(14-28)23(27-26-19)24(30)25-13-17-6-8-20-21(12-17)32-15-31-20/h1-9,12H,10-11,13-15H2,(H,25,30)(H,26,27)/b9-7+. The number of H-pyrrole nitrogens is 1. The van der Waals surface area contributed by atoms with E-state index in [0.717, 1.165) is 22.4 Å². The molecular formula is C24H22N4O4. The molecule has 0 saturated heterocycles. The normalized spacial score (nSPS) is 14.4. The summed E-state index contributed by atoms with van der Waals surface area (Å²) in [7, 11) is 0. The molecule has 5 rings (SSSR count). The van der Waals surface area contributed by atoms with Crippen molar-refractivity contribution in [3.05, 3.63) is 82.7 Å². The van der Waals surface area contributed by atoms with Crippen LogP contribution in [0.5, 0.6) is 11.5 Å². The van der Waals surface area contributed by atoms with Crippen molar-refractivity contribution in [1.82, 2.24) is 20.4 Å². The van der Waals surface area contributed by atoms with E-state index in [-0.39, 0.29) is 18.6 Å². The molecule has 0 unspecified atom stereocenters. The highest BCUT2D eigenvalue weighted by Gasteiger charge is 2.27. The van der Waals surface area contributed by atoms with E-state index in [1.165, 1.54) is 0 Å². The van der Waals surface area contributed by atoms with E-state index in [1.54, 1.807) is 17.1 Å². The molecule has 162 valence electrons. The molecule has 0 bridgehead atoms. The Kier molecular flexibility index (Phi) is 5.33. The Bertz CT molecular complexity index is 1190. The van der Waals surface area contributed by atoms with Crippen LogP contribution in [0.25, 0.3) is 6.08 Å². The molecule has 0 aliphatic carbocycles. The van der Waals surface area contributed by atoms with Crippen molar-refractivity contribution in [2.24, 2.45) is 0 Å². The molecule has 0 atom stereocenters. The number of nitrogens with zero attached hydrogens (tertiary/aromatic N) is 2. The molecule has 2 amide bonds. The smallest absolute Gasteiger partial charge is 0.272 e. The fourth-order valence-corrected chi connectivity index (χ4v) is 3.83. The fraction of sp³-hybridized carbons (Fsp3) is 0.208. The maximum Gasteiger partial charge on any atom is 0.272 e. The van der Waals surface area contributed by atoms with Gasteiger partial charge < -0.3 is 19.7 Å². The molecule has 0 spiro atoms. The van der Waals surface area contributed by atoms with Crippen molar-refractivity contribution in [2.45, 2.75) is 19.5 Å². The van der Waals surface area contributed by atoms with E-state index in [4.69, 9.17) is 9.47 Å². The predicted molar refractivity (Wildman–Crippen MR) is 117 cm³/mol. The number of benzene rings is 2. The van der Waals surface area contributed by atoms with E-state index in [1.807, 2.05) is 48.5 Å². The first kappa shape index (κ1) is 19.9. The Hall–Kier alpha value is -4.07. The molecule has 8 heteroatoms. The number of hydrogen-bond donors (Lipinski definition) is 2. The number of hydrogen-bond acceptors (Lipinski definition) is 5. The number of carbonyl (C=O) groups excluding carboxylic acids is 2. The van der Waals surface area contributed by atoms with Gasteiger partial charge in [0.25, 0.3) is 5.91 Å². The summed E-state index contributed by atoms with van der Waals surface area (Å²) in [6.45, 7) is 1.46. The lowest BCUT2D eigenvalue weighted by molar-refractivity contribution is -0.126. The summed E-state index contributed by atoms with van der Waals surface area (Å²) in [5, 5.41) is 10.1. The van der Waals surface area contributed by atoms with Crippen molar-refractivity contribution in [2.75, 3.05) is 13.3 Å². The van der Waals surface area contributed by atoms with Gasteiger partial charge in [-0.15, -0.1) is 0 Å². The first-order valence-corrected chi connectivity index (χ1v) is 10.4. The lowest BCUT2D eigenvalue weighted by atomic mass is 10.0. The van der Waals surface area contributed by atoms with Gasteiger partial charge in [-0.1, -0.05) is 36.4 Å². The van der Waals surface area contributed by atoms with Crippen LogP contribution in [0, 0.1) is 0 Å². The number of amides is 2. The average molecular weight is 430 g/mol. The summed E-state index contributed by atoms with van der Waals surface area (Å²) in [5.41, 5.74) is 3.85. The average Bonchev–Trinajstić information content (AvgIpc) is 3.47. The highest BCUT2D eigenvalue weighted by molar-refractivity contribution is 5.95. The summed E-state index contributed by atoms with van der Waals surface area (Å²) in [4.78, 5) is 27.2. The molecule has 0 fully saturated rings. The molecule has 0 saturated carbocycles. The summed E-state index contributed by atoms with van der Waals surface area (Å²) in [5.74, 6) is 1.00. The second-order valence-corrected chi connectivity index (χ2v) is 7.65. The molecule has 2 N–H and O–H groups in total. The summed E-state index contributed by atoms with van der Waals surface area (Å²) < 4.78 is 10.7. The van der Waals surface area contributed by atoms with Crippen LogP contribution in [0.3, 0.4) is 0 Å². The maximum atomic E-state index is 12.8. The number of aromatic amines is 1. The number of carbonyl (C=O) groups is 2. The van der Waals surface area contributed by atoms with E-state index in [0.29, 0.717) is 43.2 Å². The van der Waals surface area contributed by atoms with Crippen LogP contribution in [0.4, 0.5) is 0 Å². The van der Waals surface area contributed by atoms with E-state index < -0.39 is 0 Å². The minimum Gasteiger partial charge on any atom is -0.454 e. The number of fused-ring (bicyclic) bond motifs is 2. The van der Waals surface area contributed by atoms with E-state index in [2.05, 4.69) is 15.5 Å². The zero-order chi connectivity index (χ0) is 21.9. The van der Waals surface area contributed by atoms with Crippen molar-refractivity contribution in [1.29, 1.82) is 0 Å². The SMILES string of the molecule is O=C(NCc1ccc2c(c1)OCO2)c1n[nH]c2c1CN(C(=O)/C=C/c1ccccc1)CC2. The van der Waals surface area contributed by atoms with Gasteiger partial charge in [-0.3, -0.25) is 14.7 Å². The fourth-order valence-electron chi connectivity index (χ4n) is 3.83. The predicted octanol–water partition coefficient (Wildman–Crippen LogP) is 2.67. The van der Waals surface area contributed by atoms with Gasteiger partial charge in [0.05, 0.1) is 6.54 Å². The van der Waals surface area contributed by atoms with Crippen LogP contribution in [0.2, 0.25) is 0 Å². The van der Waals surface area contributed by atoms with Crippen LogP contribution in [-0.2, 0) is 24.3 Å². The van der Waals surface area contributed by atoms with Crippen LogP contribution in [0.1, 0.15) is 32.9 Å². The third-order valence-electron chi connectivity index (χ3n) is 5.57. The molecule has 2 aliphatic heterocycles. The van der Waals surface area contributed by atoms with Gasteiger partial charge in [-0.25, -0.2) is 0 Å². The van der Waals surface area contributed by atoms with Gasteiger partial charge in [-0.05, 0) is 29.3 Å². The molecule has 0 radical (unpaired) electrons. The lowest BCUT2D eigenvalue weighted by Gasteiger charge is -2.26. The Labute approximate surface area is 184 Å². The number of ether oxygens (including phenoxy) is 2. The third kappa shape index (κ3) is 4.07. The minimum atomic E-state index is -0.283.